The lowest BCUT2D eigenvalue weighted by Crippen LogP contribution is -2.38. The Morgan fingerprint density at radius 2 is 2.03 bits per heavy atom. The van der Waals surface area contributed by atoms with E-state index in [0.717, 1.165) is 5.69 Å². The largest absolute Gasteiger partial charge is 0.493 e. The molecule has 2 bridgehead atoms. The summed E-state index contributed by atoms with van der Waals surface area (Å²) in [7, 11) is 1.75. The number of likely N-dealkylation sites (tertiary alicyclic amines) is 1. The number of carbonyl (C=O) groups is 1. The van der Waals surface area contributed by atoms with Gasteiger partial charge in [0.2, 0.25) is 5.88 Å². The lowest BCUT2D eigenvalue weighted by atomic mass is 9.92. The minimum atomic E-state index is -0.424. The molecule has 10 nitrogen and oxygen atoms in total. The maximum absolute atomic E-state index is 13.6. The van der Waals surface area contributed by atoms with E-state index in [2.05, 4.69) is 16.2 Å². The van der Waals surface area contributed by atoms with E-state index in [1.165, 1.54) is 4.57 Å². The van der Waals surface area contributed by atoms with Crippen LogP contribution in [0.15, 0.2) is 41.3 Å². The Kier molecular flexibility index (Phi) is 4.48. The third-order valence-corrected chi connectivity index (χ3v) is 7.29. The third-order valence-electron chi connectivity index (χ3n) is 7.29. The standard InChI is InChI=1S/C26H25N7O3/c1-26(2,3)20-11-19(30(4)29-20)23(34)31-13-15-10-18(31)22-24(35)33(25(36)32(15)22)17-8-7-14(12-27)21-16(17)6-5-9-28-21/h5-9,11,15,18,35H,10,13H2,1-4H3/t15-,18-/m0/s1. The molecule has 4 aromatic rings. The number of aromatic nitrogens is 5. The molecule has 0 spiro atoms. The number of imidazole rings is 1. The maximum atomic E-state index is 13.6. The van der Waals surface area contributed by atoms with Gasteiger partial charge in [0.25, 0.3) is 5.91 Å². The Balaban J connectivity index is 1.44. The van der Waals surface area contributed by atoms with Crippen LogP contribution in [0, 0.1) is 11.3 Å². The van der Waals surface area contributed by atoms with Crippen molar-refractivity contribution in [2.45, 2.75) is 44.7 Å². The highest BCUT2D eigenvalue weighted by atomic mass is 16.3. The molecule has 5 heterocycles. The van der Waals surface area contributed by atoms with Gasteiger partial charge in [-0.25, -0.2) is 9.36 Å². The number of pyridine rings is 1. The second kappa shape index (κ2) is 7.31. The van der Waals surface area contributed by atoms with E-state index in [1.54, 1.807) is 51.7 Å². The number of fused-ring (bicyclic) bond motifs is 6. The molecule has 10 heteroatoms. The van der Waals surface area contributed by atoms with Gasteiger partial charge in [-0.2, -0.15) is 10.4 Å². The van der Waals surface area contributed by atoms with Crippen LogP contribution in [0.5, 0.6) is 5.88 Å². The molecule has 0 aliphatic carbocycles. The lowest BCUT2D eigenvalue weighted by molar-refractivity contribution is 0.0700. The second-order valence-electron chi connectivity index (χ2n) is 10.5. The van der Waals surface area contributed by atoms with Crippen molar-refractivity contribution in [3.63, 3.8) is 0 Å². The highest BCUT2D eigenvalue weighted by molar-refractivity contribution is 5.94. The summed E-state index contributed by atoms with van der Waals surface area (Å²) in [6, 6.07) is 10.0. The number of carbonyl (C=O) groups excluding carboxylic acids is 1. The van der Waals surface area contributed by atoms with Crippen LogP contribution in [-0.2, 0) is 12.5 Å². The fourth-order valence-electron chi connectivity index (χ4n) is 5.51. The van der Waals surface area contributed by atoms with Gasteiger partial charge in [-0.1, -0.05) is 20.8 Å². The molecule has 2 aliphatic heterocycles. The quantitative estimate of drug-likeness (QED) is 0.468. The molecule has 0 radical (unpaired) electrons. The van der Waals surface area contributed by atoms with Crippen LogP contribution in [0.2, 0.25) is 0 Å². The number of nitriles is 1. The van der Waals surface area contributed by atoms with E-state index in [0.29, 0.717) is 46.5 Å². The van der Waals surface area contributed by atoms with Crippen molar-refractivity contribution in [3.8, 4) is 17.6 Å². The first-order valence-electron chi connectivity index (χ1n) is 11.8. The van der Waals surface area contributed by atoms with Gasteiger partial charge in [0.05, 0.1) is 34.5 Å². The molecule has 0 saturated carbocycles. The zero-order valence-electron chi connectivity index (χ0n) is 20.4. The fourth-order valence-corrected chi connectivity index (χ4v) is 5.51. The highest BCUT2D eigenvalue weighted by Gasteiger charge is 2.49. The summed E-state index contributed by atoms with van der Waals surface area (Å²) in [5.41, 5.74) is 2.46. The smallest absolute Gasteiger partial charge is 0.336 e. The predicted molar refractivity (Wildman–Crippen MR) is 131 cm³/mol. The molecule has 1 N–H and O–H groups in total. The molecule has 1 amide bonds. The molecule has 1 aromatic carbocycles. The maximum Gasteiger partial charge on any atom is 0.336 e. The normalized spacial score (nSPS) is 18.6. The number of nitrogens with zero attached hydrogens (tertiary/aromatic N) is 7. The van der Waals surface area contributed by atoms with Crippen molar-refractivity contribution < 1.29 is 9.90 Å². The molecule has 2 aliphatic rings. The van der Waals surface area contributed by atoms with Crippen molar-refractivity contribution in [2.24, 2.45) is 7.05 Å². The molecular formula is C26H25N7O3. The van der Waals surface area contributed by atoms with E-state index < -0.39 is 6.04 Å². The van der Waals surface area contributed by atoms with E-state index >= 15 is 0 Å². The number of benzene rings is 1. The molecule has 36 heavy (non-hydrogen) atoms. The second-order valence-corrected chi connectivity index (χ2v) is 10.5. The minimum Gasteiger partial charge on any atom is -0.493 e. The number of amides is 1. The number of rotatable bonds is 2. The van der Waals surface area contributed by atoms with Crippen molar-refractivity contribution >= 4 is 16.8 Å². The molecule has 6 rings (SSSR count). The van der Waals surface area contributed by atoms with E-state index in [-0.39, 0.29) is 28.9 Å². The zero-order chi connectivity index (χ0) is 25.5. The van der Waals surface area contributed by atoms with Gasteiger partial charge in [0, 0.05) is 30.6 Å². The van der Waals surface area contributed by atoms with Crippen LogP contribution in [0.25, 0.3) is 16.6 Å². The first-order chi connectivity index (χ1) is 17.1. The molecule has 0 unspecified atom stereocenters. The van der Waals surface area contributed by atoms with Gasteiger partial charge in [0.15, 0.2) is 0 Å². The summed E-state index contributed by atoms with van der Waals surface area (Å²) in [5.74, 6) is -0.368. The summed E-state index contributed by atoms with van der Waals surface area (Å²) in [6.45, 7) is 6.52. The van der Waals surface area contributed by atoms with Gasteiger partial charge in [-0.3, -0.25) is 19.0 Å². The fraction of sp³-hybridized carbons (Fsp3) is 0.346. The SMILES string of the molecule is Cn1nc(C(C)(C)C)cc1C(=O)N1C[C@@H]2C[C@H]1c1c(O)n(-c3ccc(C#N)c4ncccc34)c(=O)n12. The van der Waals surface area contributed by atoms with Crippen LogP contribution in [0.1, 0.15) is 66.7 Å². The van der Waals surface area contributed by atoms with Crippen LogP contribution in [-0.4, -0.2) is 46.4 Å². The number of aromatic hydroxyl groups is 1. The zero-order valence-corrected chi connectivity index (χ0v) is 20.4. The summed E-state index contributed by atoms with van der Waals surface area (Å²) < 4.78 is 4.46. The topological polar surface area (TPSA) is 122 Å². The minimum absolute atomic E-state index is 0.174. The van der Waals surface area contributed by atoms with Crippen LogP contribution < -0.4 is 5.69 Å². The average molecular weight is 484 g/mol. The molecular weight excluding hydrogens is 458 g/mol. The van der Waals surface area contributed by atoms with Gasteiger partial charge < -0.3 is 10.0 Å². The summed E-state index contributed by atoms with van der Waals surface area (Å²) in [4.78, 5) is 33.2. The Labute approximate surface area is 206 Å². The van der Waals surface area contributed by atoms with Crippen molar-refractivity contribution in [1.82, 2.24) is 28.8 Å². The number of aryl methyl sites for hydroxylation is 1. The van der Waals surface area contributed by atoms with Crippen molar-refractivity contribution in [2.75, 3.05) is 6.54 Å². The average Bonchev–Trinajstić information content (AvgIpc) is 3.60. The van der Waals surface area contributed by atoms with Gasteiger partial charge >= 0.3 is 5.69 Å². The van der Waals surface area contributed by atoms with Crippen molar-refractivity contribution in [1.29, 1.82) is 5.26 Å². The van der Waals surface area contributed by atoms with Crippen LogP contribution in [0.4, 0.5) is 0 Å². The summed E-state index contributed by atoms with van der Waals surface area (Å²) in [5, 5.41) is 25.9. The van der Waals surface area contributed by atoms with Crippen LogP contribution >= 0.6 is 0 Å². The molecule has 2 atom stereocenters. The molecule has 3 aromatic heterocycles. The van der Waals surface area contributed by atoms with Crippen molar-refractivity contribution in [3.05, 3.63) is 69.7 Å². The summed E-state index contributed by atoms with van der Waals surface area (Å²) in [6.07, 6.45) is 2.16. The van der Waals surface area contributed by atoms with E-state index in [9.17, 15) is 20.0 Å². The third kappa shape index (κ3) is 2.89. The first kappa shape index (κ1) is 22.1. The first-order valence-corrected chi connectivity index (χ1v) is 11.8. The predicted octanol–water partition coefficient (Wildman–Crippen LogP) is 2.94. The Morgan fingerprint density at radius 1 is 1.25 bits per heavy atom. The van der Waals surface area contributed by atoms with Gasteiger partial charge in [-0.15, -0.1) is 0 Å². The van der Waals surface area contributed by atoms with Gasteiger partial charge in [0.1, 0.15) is 17.5 Å². The van der Waals surface area contributed by atoms with Crippen LogP contribution in [0.3, 0.4) is 0 Å². The molecule has 1 saturated heterocycles. The Bertz CT molecular complexity index is 1680. The Hall–Kier alpha value is -4.39. The summed E-state index contributed by atoms with van der Waals surface area (Å²) >= 11 is 0. The van der Waals surface area contributed by atoms with E-state index in [1.807, 2.05) is 26.8 Å². The monoisotopic (exact) mass is 483 g/mol. The molecule has 1 fully saturated rings. The lowest BCUT2D eigenvalue weighted by Gasteiger charge is -2.27. The van der Waals surface area contributed by atoms with Gasteiger partial charge in [-0.05, 0) is 36.8 Å². The van der Waals surface area contributed by atoms with E-state index in [4.69, 9.17) is 0 Å². The number of hydrogen-bond acceptors (Lipinski definition) is 6. The number of hydrogen-bond donors (Lipinski definition) is 1. The highest BCUT2D eigenvalue weighted by Crippen LogP contribution is 2.49. The Morgan fingerprint density at radius 3 is 2.72 bits per heavy atom. The molecule has 182 valence electrons.